The van der Waals surface area contributed by atoms with E-state index in [0.717, 1.165) is 62.4 Å². The molecule has 0 aromatic carbocycles. The van der Waals surface area contributed by atoms with E-state index in [1.54, 1.807) is 12.4 Å². The zero-order valence-electron chi connectivity index (χ0n) is 17.0. The average molecular weight is 370 g/mol. The molecule has 6 heteroatoms. The van der Waals surface area contributed by atoms with E-state index in [2.05, 4.69) is 22.0 Å². The fourth-order valence-electron chi connectivity index (χ4n) is 3.82. The summed E-state index contributed by atoms with van der Waals surface area (Å²) in [5, 5.41) is 4.43. The molecule has 1 fully saturated rings. The number of rotatable bonds is 5. The topological polar surface area (TPSA) is 63.9 Å². The molecule has 1 unspecified atom stereocenters. The summed E-state index contributed by atoms with van der Waals surface area (Å²) in [6.45, 7) is 10.7. The van der Waals surface area contributed by atoms with Crippen LogP contribution in [0, 0.1) is 11.3 Å². The van der Waals surface area contributed by atoms with Crippen LogP contribution in [0.15, 0.2) is 24.7 Å². The van der Waals surface area contributed by atoms with Gasteiger partial charge in [0.25, 0.3) is 0 Å². The highest BCUT2D eigenvalue weighted by Crippen LogP contribution is 2.28. The van der Waals surface area contributed by atoms with E-state index in [1.165, 1.54) is 0 Å². The maximum atomic E-state index is 12.7. The summed E-state index contributed by atoms with van der Waals surface area (Å²) in [5.41, 5.74) is 2.62. The molecule has 1 aliphatic heterocycles. The number of carbonyl (C=O) groups is 1. The van der Waals surface area contributed by atoms with E-state index in [9.17, 15) is 4.79 Å². The maximum absolute atomic E-state index is 12.7. The summed E-state index contributed by atoms with van der Waals surface area (Å²) < 4.78 is 2.00. The van der Waals surface area contributed by atoms with E-state index >= 15 is 0 Å². The molecule has 1 atom stereocenters. The molecule has 0 N–H and O–H groups in total. The molecule has 3 heterocycles. The molecule has 0 bridgehead atoms. The van der Waals surface area contributed by atoms with Gasteiger partial charge in [-0.05, 0) is 37.7 Å². The van der Waals surface area contributed by atoms with Gasteiger partial charge in [-0.1, -0.05) is 27.7 Å². The predicted octanol–water partition coefficient (Wildman–Crippen LogP) is 3.58. The molecule has 27 heavy (non-hydrogen) atoms. The third kappa shape index (κ3) is 4.54. The van der Waals surface area contributed by atoms with Crippen molar-refractivity contribution in [1.82, 2.24) is 24.6 Å². The van der Waals surface area contributed by atoms with Crippen molar-refractivity contribution < 1.29 is 4.79 Å². The minimum atomic E-state index is -0.327. The van der Waals surface area contributed by atoms with Crippen LogP contribution in [0.2, 0.25) is 0 Å². The number of nitrogens with zero attached hydrogens (tertiary/aromatic N) is 5. The van der Waals surface area contributed by atoms with Gasteiger partial charge in [-0.15, -0.1) is 0 Å². The summed E-state index contributed by atoms with van der Waals surface area (Å²) in [5.74, 6) is 0.663. The van der Waals surface area contributed by atoms with Gasteiger partial charge in [0.2, 0.25) is 5.91 Å². The summed E-state index contributed by atoms with van der Waals surface area (Å²) in [7, 11) is 0. The fourth-order valence-corrected chi connectivity index (χ4v) is 3.82. The second kappa shape index (κ2) is 8.19. The lowest BCUT2D eigenvalue weighted by atomic mass is 9.89. The molecule has 1 aliphatic rings. The van der Waals surface area contributed by atoms with Gasteiger partial charge in [-0.3, -0.25) is 19.4 Å². The van der Waals surface area contributed by atoms with Crippen molar-refractivity contribution in [1.29, 1.82) is 0 Å². The number of carbonyl (C=O) groups excluding carboxylic acids is 1. The number of amides is 1. The first-order chi connectivity index (χ1) is 12.9. The van der Waals surface area contributed by atoms with E-state index in [4.69, 9.17) is 0 Å². The zero-order valence-corrected chi connectivity index (χ0v) is 17.0. The van der Waals surface area contributed by atoms with Gasteiger partial charge >= 0.3 is 0 Å². The van der Waals surface area contributed by atoms with Gasteiger partial charge in [-0.2, -0.15) is 5.10 Å². The Morgan fingerprint density at radius 2 is 2.00 bits per heavy atom. The maximum Gasteiger partial charge on any atom is 0.227 e. The number of aromatic nitrogens is 4. The molecule has 0 radical (unpaired) electrons. The van der Waals surface area contributed by atoms with Crippen molar-refractivity contribution in [2.75, 3.05) is 13.1 Å². The van der Waals surface area contributed by atoms with E-state index in [1.807, 2.05) is 42.6 Å². The number of piperidine rings is 1. The Hall–Kier alpha value is -2.24. The van der Waals surface area contributed by atoms with Crippen molar-refractivity contribution in [3.63, 3.8) is 0 Å². The smallest absolute Gasteiger partial charge is 0.227 e. The van der Waals surface area contributed by atoms with Crippen LogP contribution in [0.1, 0.15) is 52.7 Å². The molecule has 2 aromatic rings. The Bertz CT molecular complexity index is 777. The van der Waals surface area contributed by atoms with Crippen molar-refractivity contribution in [3.8, 4) is 11.4 Å². The Morgan fingerprint density at radius 1 is 1.22 bits per heavy atom. The van der Waals surface area contributed by atoms with Gasteiger partial charge in [0.15, 0.2) is 0 Å². The highest BCUT2D eigenvalue weighted by Gasteiger charge is 2.31. The lowest BCUT2D eigenvalue weighted by Gasteiger charge is -2.36. The highest BCUT2D eigenvalue weighted by atomic mass is 16.2. The van der Waals surface area contributed by atoms with Crippen LogP contribution in [0.3, 0.4) is 0 Å². The first-order valence-electron chi connectivity index (χ1n) is 10.0. The molecular formula is C21H31N5O. The molecule has 2 aromatic heterocycles. The van der Waals surface area contributed by atoms with Gasteiger partial charge < -0.3 is 4.90 Å². The van der Waals surface area contributed by atoms with Crippen LogP contribution in [0.5, 0.6) is 0 Å². The molecule has 3 rings (SSSR count). The van der Waals surface area contributed by atoms with Crippen molar-refractivity contribution in [3.05, 3.63) is 30.4 Å². The van der Waals surface area contributed by atoms with Crippen LogP contribution in [-0.4, -0.2) is 43.6 Å². The van der Waals surface area contributed by atoms with Gasteiger partial charge in [0.05, 0.1) is 11.4 Å². The lowest BCUT2D eigenvalue weighted by molar-refractivity contribution is -0.141. The van der Waals surface area contributed by atoms with Crippen LogP contribution >= 0.6 is 0 Å². The normalized spacial score (nSPS) is 17.9. The molecule has 146 valence electrons. The van der Waals surface area contributed by atoms with Crippen LogP contribution < -0.4 is 0 Å². The van der Waals surface area contributed by atoms with E-state index in [-0.39, 0.29) is 11.3 Å². The Kier molecular flexibility index (Phi) is 5.92. The molecule has 0 saturated carbocycles. The second-order valence-corrected chi connectivity index (χ2v) is 8.50. The number of hydrogen-bond donors (Lipinski definition) is 0. The quantitative estimate of drug-likeness (QED) is 0.808. The Labute approximate surface area is 162 Å². The first kappa shape index (κ1) is 19.5. The molecule has 1 amide bonds. The third-order valence-electron chi connectivity index (χ3n) is 5.10. The molecule has 6 nitrogen and oxygen atoms in total. The van der Waals surface area contributed by atoms with Crippen LogP contribution in [-0.2, 0) is 17.8 Å². The molecule has 1 saturated heterocycles. The lowest BCUT2D eigenvalue weighted by Crippen LogP contribution is -2.45. The molecular weight excluding hydrogens is 338 g/mol. The predicted molar refractivity (Wildman–Crippen MR) is 106 cm³/mol. The number of likely N-dealkylation sites (tertiary alicyclic amines) is 1. The van der Waals surface area contributed by atoms with Gasteiger partial charge in [-0.25, -0.2) is 0 Å². The van der Waals surface area contributed by atoms with Crippen LogP contribution in [0.4, 0.5) is 0 Å². The van der Waals surface area contributed by atoms with Crippen molar-refractivity contribution >= 4 is 5.91 Å². The first-order valence-corrected chi connectivity index (χ1v) is 10.0. The Morgan fingerprint density at radius 3 is 2.74 bits per heavy atom. The van der Waals surface area contributed by atoms with Gasteiger partial charge in [0.1, 0.15) is 5.69 Å². The molecule has 0 aliphatic carbocycles. The summed E-state index contributed by atoms with van der Waals surface area (Å²) >= 11 is 0. The summed E-state index contributed by atoms with van der Waals surface area (Å²) in [6, 6.07) is 2.01. The fraction of sp³-hybridized carbons (Fsp3) is 0.619. The largest absolute Gasteiger partial charge is 0.342 e. The van der Waals surface area contributed by atoms with E-state index in [0.29, 0.717) is 5.92 Å². The Balaban J connectivity index is 1.78. The monoisotopic (exact) mass is 369 g/mol. The molecule has 0 spiro atoms. The third-order valence-corrected chi connectivity index (χ3v) is 5.10. The summed E-state index contributed by atoms with van der Waals surface area (Å²) in [4.78, 5) is 24.0. The van der Waals surface area contributed by atoms with Gasteiger partial charge in [0, 0.05) is 43.6 Å². The van der Waals surface area contributed by atoms with Crippen molar-refractivity contribution in [2.24, 2.45) is 11.3 Å². The minimum Gasteiger partial charge on any atom is -0.342 e. The number of hydrogen-bond acceptors (Lipinski definition) is 4. The summed E-state index contributed by atoms with van der Waals surface area (Å²) in [6.07, 6.45) is 9.38. The standard InChI is InChI=1S/C21H31N5O/c1-5-12-26-18(8-9-24-26)19-17(22-10-11-23-19)14-16-7-6-13-25(15-16)20(27)21(2,3)4/h8-11,16H,5-7,12-15H2,1-4H3. The average Bonchev–Trinajstić information content (AvgIpc) is 3.09. The number of aryl methyl sites for hydroxylation is 1. The SMILES string of the molecule is CCCn1nccc1-c1nccnc1CC1CCCN(C(=O)C(C)(C)C)C1. The van der Waals surface area contributed by atoms with Crippen LogP contribution in [0.25, 0.3) is 11.4 Å². The highest BCUT2D eigenvalue weighted by molar-refractivity contribution is 5.81. The van der Waals surface area contributed by atoms with Crippen molar-refractivity contribution in [2.45, 2.75) is 59.9 Å². The van der Waals surface area contributed by atoms with E-state index < -0.39 is 0 Å². The second-order valence-electron chi connectivity index (χ2n) is 8.50. The zero-order chi connectivity index (χ0) is 19.4. The minimum absolute atomic E-state index is 0.243.